The van der Waals surface area contributed by atoms with Gasteiger partial charge < -0.3 is 4.90 Å². The van der Waals surface area contributed by atoms with E-state index in [1.807, 2.05) is 6.07 Å². The molecule has 0 radical (unpaired) electrons. The van der Waals surface area contributed by atoms with Crippen molar-refractivity contribution < 1.29 is 0 Å². The van der Waals surface area contributed by atoms with Crippen LogP contribution in [0.5, 0.6) is 0 Å². The Morgan fingerprint density at radius 2 is 2.21 bits per heavy atom. The number of nitrogens with one attached hydrogen (secondary N) is 1. The Bertz CT molecular complexity index is 686. The Balaban J connectivity index is 1.96. The highest BCUT2D eigenvalue weighted by Crippen LogP contribution is 2.28. The molecule has 0 fully saturated rings. The predicted molar refractivity (Wildman–Crippen MR) is 78.8 cm³/mol. The second kappa shape index (κ2) is 4.98. The minimum Gasteiger partial charge on any atom is -0.364 e. The molecule has 1 aliphatic rings. The van der Waals surface area contributed by atoms with Gasteiger partial charge in [0, 0.05) is 17.6 Å². The molecule has 1 N–H and O–H groups in total. The zero-order valence-corrected chi connectivity index (χ0v) is 12.3. The van der Waals surface area contributed by atoms with Crippen LogP contribution < -0.4 is 10.5 Å². The summed E-state index contributed by atoms with van der Waals surface area (Å²) in [7, 11) is 0. The molecule has 0 unspecified atom stereocenters. The molecule has 19 heavy (non-hydrogen) atoms. The Labute approximate surface area is 123 Å². The monoisotopic (exact) mass is 339 g/mol. The smallest absolute Gasteiger partial charge is 0.285 e. The van der Waals surface area contributed by atoms with Crippen LogP contribution in [-0.2, 0) is 13.0 Å². The number of anilines is 1. The Morgan fingerprint density at radius 3 is 3.05 bits per heavy atom. The molecule has 0 amide bonds. The van der Waals surface area contributed by atoms with Gasteiger partial charge in [-0.1, -0.05) is 33.6 Å². The van der Waals surface area contributed by atoms with Crippen molar-refractivity contribution in [2.24, 2.45) is 0 Å². The number of fused-ring (bicyclic) bond motifs is 1. The van der Waals surface area contributed by atoms with Gasteiger partial charge in [-0.15, -0.1) is 0 Å². The number of aromatic nitrogens is 2. The fourth-order valence-electron chi connectivity index (χ4n) is 2.32. The van der Waals surface area contributed by atoms with Crippen LogP contribution in [0.4, 0.5) is 5.69 Å². The van der Waals surface area contributed by atoms with Gasteiger partial charge in [0.1, 0.15) is 5.02 Å². The first-order chi connectivity index (χ1) is 9.15. The molecule has 4 nitrogen and oxygen atoms in total. The highest BCUT2D eigenvalue weighted by Gasteiger charge is 2.19. The van der Waals surface area contributed by atoms with Crippen LogP contribution in [-0.4, -0.2) is 16.7 Å². The van der Waals surface area contributed by atoms with Gasteiger partial charge in [-0.2, -0.15) is 5.10 Å². The van der Waals surface area contributed by atoms with Gasteiger partial charge in [-0.25, -0.2) is 5.10 Å². The third kappa shape index (κ3) is 2.40. The van der Waals surface area contributed by atoms with Gasteiger partial charge in [0.15, 0.2) is 0 Å². The zero-order valence-electron chi connectivity index (χ0n) is 9.99. The van der Waals surface area contributed by atoms with Gasteiger partial charge in [0.2, 0.25) is 0 Å². The van der Waals surface area contributed by atoms with E-state index in [0.717, 1.165) is 24.0 Å². The van der Waals surface area contributed by atoms with Gasteiger partial charge in [-0.3, -0.25) is 4.79 Å². The second-order valence-electron chi connectivity index (χ2n) is 4.48. The van der Waals surface area contributed by atoms with E-state index in [4.69, 9.17) is 11.6 Å². The van der Waals surface area contributed by atoms with E-state index in [-0.39, 0.29) is 10.6 Å². The topological polar surface area (TPSA) is 49.0 Å². The fraction of sp³-hybridized carbons (Fsp3) is 0.231. The average Bonchev–Trinajstić information content (AvgIpc) is 2.41. The molecule has 1 aromatic carbocycles. The van der Waals surface area contributed by atoms with Crippen molar-refractivity contribution in [3.05, 3.63) is 55.4 Å². The normalized spacial score (nSPS) is 14.3. The largest absolute Gasteiger partial charge is 0.364 e. The van der Waals surface area contributed by atoms with Crippen LogP contribution in [0.25, 0.3) is 0 Å². The molecule has 0 saturated heterocycles. The van der Waals surface area contributed by atoms with E-state index >= 15 is 0 Å². The molecule has 0 saturated carbocycles. The molecule has 1 aromatic heterocycles. The van der Waals surface area contributed by atoms with Crippen molar-refractivity contribution in [3.63, 3.8) is 0 Å². The van der Waals surface area contributed by atoms with E-state index in [9.17, 15) is 4.79 Å². The van der Waals surface area contributed by atoms with Crippen LogP contribution in [0.15, 0.2) is 33.7 Å². The highest BCUT2D eigenvalue weighted by molar-refractivity contribution is 9.10. The molecule has 2 aromatic rings. The van der Waals surface area contributed by atoms with Crippen molar-refractivity contribution in [2.75, 3.05) is 11.4 Å². The summed E-state index contributed by atoms with van der Waals surface area (Å²) in [5, 5.41) is 6.36. The summed E-state index contributed by atoms with van der Waals surface area (Å²) in [6.07, 6.45) is 2.53. The predicted octanol–water partition coefficient (Wildman–Crippen LogP) is 2.75. The molecule has 0 bridgehead atoms. The Kier molecular flexibility index (Phi) is 3.33. The molecule has 6 heteroatoms. The molecular formula is C13H11BrClN3O. The maximum absolute atomic E-state index is 11.5. The number of hydrogen-bond donors (Lipinski definition) is 1. The summed E-state index contributed by atoms with van der Waals surface area (Å²) in [4.78, 5) is 13.6. The first kappa shape index (κ1) is 12.7. The van der Waals surface area contributed by atoms with Crippen LogP contribution in [0.3, 0.4) is 0 Å². The molecular weight excluding hydrogens is 330 g/mol. The number of H-pyrrole nitrogens is 1. The van der Waals surface area contributed by atoms with Crippen LogP contribution >= 0.6 is 27.5 Å². The number of hydrogen-bond acceptors (Lipinski definition) is 3. The number of benzene rings is 1. The van der Waals surface area contributed by atoms with Gasteiger partial charge >= 0.3 is 0 Å². The minimum atomic E-state index is -0.347. The van der Waals surface area contributed by atoms with E-state index in [1.54, 1.807) is 6.20 Å². The lowest BCUT2D eigenvalue weighted by Crippen LogP contribution is -2.31. The minimum absolute atomic E-state index is 0.204. The third-order valence-corrected chi connectivity index (χ3v) is 4.16. The van der Waals surface area contributed by atoms with Crippen LogP contribution in [0.2, 0.25) is 5.02 Å². The molecule has 0 atom stereocenters. The summed E-state index contributed by atoms with van der Waals surface area (Å²) >= 11 is 9.53. The van der Waals surface area contributed by atoms with E-state index in [2.05, 4.69) is 43.2 Å². The molecule has 1 aliphatic heterocycles. The number of aromatic amines is 1. The lowest BCUT2D eigenvalue weighted by Gasteiger charge is -2.30. The Morgan fingerprint density at radius 1 is 1.37 bits per heavy atom. The molecule has 98 valence electrons. The van der Waals surface area contributed by atoms with Crippen molar-refractivity contribution in [1.82, 2.24) is 10.2 Å². The lowest BCUT2D eigenvalue weighted by molar-refractivity contribution is 0.726. The van der Waals surface area contributed by atoms with Crippen molar-refractivity contribution in [3.8, 4) is 0 Å². The van der Waals surface area contributed by atoms with Crippen molar-refractivity contribution >= 4 is 33.2 Å². The molecule has 2 heterocycles. The van der Waals surface area contributed by atoms with E-state index < -0.39 is 0 Å². The quantitative estimate of drug-likeness (QED) is 0.868. The Hall–Kier alpha value is -1.33. The lowest BCUT2D eigenvalue weighted by atomic mass is 10.00. The summed E-state index contributed by atoms with van der Waals surface area (Å²) in [6, 6.07) is 6.27. The average molecular weight is 341 g/mol. The second-order valence-corrected chi connectivity index (χ2v) is 5.78. The van der Waals surface area contributed by atoms with Crippen molar-refractivity contribution in [2.45, 2.75) is 13.0 Å². The van der Waals surface area contributed by atoms with E-state index in [0.29, 0.717) is 5.69 Å². The molecule has 3 rings (SSSR count). The summed E-state index contributed by atoms with van der Waals surface area (Å²) in [6.45, 7) is 1.57. The maximum Gasteiger partial charge on any atom is 0.285 e. The fourth-order valence-corrected chi connectivity index (χ4v) is 2.94. The number of nitrogens with zero attached hydrogens (tertiary/aromatic N) is 2. The summed E-state index contributed by atoms with van der Waals surface area (Å²) < 4.78 is 1.09. The molecule has 0 aliphatic carbocycles. The van der Waals surface area contributed by atoms with E-state index in [1.165, 1.54) is 11.1 Å². The highest BCUT2D eigenvalue weighted by atomic mass is 79.9. The summed E-state index contributed by atoms with van der Waals surface area (Å²) in [5.41, 5.74) is 2.94. The SMILES string of the molecule is O=c1[nH]ncc(N2CCc3cc(Br)ccc3C2)c1Cl. The number of halogens is 2. The van der Waals surface area contributed by atoms with Gasteiger partial charge in [0.05, 0.1) is 11.9 Å². The molecule has 0 spiro atoms. The van der Waals surface area contributed by atoms with Crippen molar-refractivity contribution in [1.29, 1.82) is 0 Å². The third-order valence-electron chi connectivity index (χ3n) is 3.30. The van der Waals surface area contributed by atoms with Crippen LogP contribution in [0.1, 0.15) is 11.1 Å². The number of rotatable bonds is 1. The van der Waals surface area contributed by atoms with Crippen LogP contribution in [0, 0.1) is 0 Å². The maximum atomic E-state index is 11.5. The first-order valence-electron chi connectivity index (χ1n) is 5.90. The first-order valence-corrected chi connectivity index (χ1v) is 7.07. The van der Waals surface area contributed by atoms with Gasteiger partial charge in [0.25, 0.3) is 5.56 Å². The summed E-state index contributed by atoms with van der Waals surface area (Å²) in [5.74, 6) is 0. The zero-order chi connectivity index (χ0) is 13.4. The van der Waals surface area contributed by atoms with Gasteiger partial charge in [-0.05, 0) is 29.7 Å². The standard InChI is InChI=1S/C13H11BrClN3O/c14-10-2-1-9-7-18(4-3-8(9)5-10)11-6-16-17-13(19)12(11)15/h1-2,5-6H,3-4,7H2,(H,17,19).